The predicted molar refractivity (Wildman–Crippen MR) is 92.4 cm³/mol. The molecule has 2 aromatic carbocycles. The van der Waals surface area contributed by atoms with Crippen LogP contribution in [-0.4, -0.2) is 34.1 Å². The summed E-state index contributed by atoms with van der Waals surface area (Å²) in [6.07, 6.45) is 0. The molecule has 1 amide bonds. The van der Waals surface area contributed by atoms with E-state index in [2.05, 4.69) is 10.0 Å². The maximum atomic E-state index is 12.3. The highest BCUT2D eigenvalue weighted by molar-refractivity contribution is 7.89. The van der Waals surface area contributed by atoms with E-state index in [1.54, 1.807) is 24.3 Å². The first-order valence-electron chi connectivity index (χ1n) is 7.68. The fourth-order valence-corrected chi connectivity index (χ4v) is 3.50. The van der Waals surface area contributed by atoms with Crippen molar-refractivity contribution in [1.82, 2.24) is 4.72 Å². The van der Waals surface area contributed by atoms with Crippen molar-refractivity contribution in [2.45, 2.75) is 4.90 Å². The van der Waals surface area contributed by atoms with Crippen molar-refractivity contribution in [3.63, 3.8) is 0 Å². The summed E-state index contributed by atoms with van der Waals surface area (Å²) in [7, 11) is -3.98. The summed E-state index contributed by atoms with van der Waals surface area (Å²) in [6, 6.07) is 12.5. The average Bonchev–Trinajstić information content (AvgIpc) is 2.66. The Morgan fingerprint density at radius 1 is 1.12 bits per heavy atom. The van der Waals surface area contributed by atoms with E-state index in [4.69, 9.17) is 14.7 Å². The number of nitrogens with zero attached hydrogens (tertiary/aromatic N) is 1. The number of hydrogen-bond acceptors (Lipinski definition) is 6. The minimum atomic E-state index is -3.98. The van der Waals surface area contributed by atoms with Gasteiger partial charge in [-0.1, -0.05) is 12.1 Å². The number of nitrogens with one attached hydrogen (secondary N) is 2. The molecule has 134 valence electrons. The molecule has 1 aliphatic rings. The molecule has 8 nitrogen and oxygen atoms in total. The van der Waals surface area contributed by atoms with Crippen LogP contribution in [0.3, 0.4) is 0 Å². The third-order valence-electron chi connectivity index (χ3n) is 3.55. The number of sulfonamides is 1. The van der Waals surface area contributed by atoms with Crippen LogP contribution < -0.4 is 19.5 Å². The van der Waals surface area contributed by atoms with E-state index in [1.807, 2.05) is 6.07 Å². The SMILES string of the molecule is N#Cc1ccccc1S(=O)(=O)NCC(=O)Nc1ccc2c(c1)OCCO2. The highest BCUT2D eigenvalue weighted by Crippen LogP contribution is 2.32. The minimum absolute atomic E-state index is 0.00671. The van der Waals surface area contributed by atoms with Gasteiger partial charge < -0.3 is 14.8 Å². The Kier molecular flexibility index (Phi) is 5.06. The van der Waals surface area contributed by atoms with E-state index >= 15 is 0 Å². The second-order valence-corrected chi connectivity index (χ2v) is 7.07. The van der Waals surface area contributed by atoms with Gasteiger partial charge >= 0.3 is 0 Å². The van der Waals surface area contributed by atoms with Gasteiger partial charge in [-0.05, 0) is 24.3 Å². The quantitative estimate of drug-likeness (QED) is 0.814. The molecule has 26 heavy (non-hydrogen) atoms. The second kappa shape index (κ2) is 7.43. The molecule has 0 radical (unpaired) electrons. The molecular formula is C17H15N3O5S. The molecule has 3 rings (SSSR count). The van der Waals surface area contributed by atoms with Gasteiger partial charge in [-0.25, -0.2) is 13.1 Å². The molecule has 2 aromatic rings. The number of amides is 1. The Morgan fingerprint density at radius 2 is 1.85 bits per heavy atom. The Hall–Kier alpha value is -3.09. The standard InChI is InChI=1S/C17H15N3O5S/c18-10-12-3-1-2-4-16(12)26(22,23)19-11-17(21)20-13-5-6-14-15(9-13)25-8-7-24-14/h1-6,9,19H,7-8,11H2,(H,20,21). The first kappa shape index (κ1) is 17.7. The van der Waals surface area contributed by atoms with Gasteiger partial charge in [0.2, 0.25) is 15.9 Å². The Bertz CT molecular complexity index is 982. The fourth-order valence-electron chi connectivity index (χ4n) is 2.36. The zero-order valence-electron chi connectivity index (χ0n) is 13.6. The highest BCUT2D eigenvalue weighted by Gasteiger charge is 2.19. The van der Waals surface area contributed by atoms with E-state index in [0.717, 1.165) is 0 Å². The molecule has 2 N–H and O–H groups in total. The lowest BCUT2D eigenvalue weighted by Gasteiger charge is -2.19. The molecule has 0 fully saturated rings. The normalized spacial score (nSPS) is 12.9. The minimum Gasteiger partial charge on any atom is -0.486 e. The van der Waals surface area contributed by atoms with Crippen LogP contribution in [0.4, 0.5) is 5.69 Å². The number of nitriles is 1. The van der Waals surface area contributed by atoms with Crippen LogP contribution in [0.1, 0.15) is 5.56 Å². The summed E-state index contributed by atoms with van der Waals surface area (Å²) < 4.78 is 37.6. The predicted octanol–water partition coefficient (Wildman–Crippen LogP) is 1.25. The summed E-state index contributed by atoms with van der Waals surface area (Å²) in [6.45, 7) is 0.406. The Labute approximate surface area is 150 Å². The zero-order chi connectivity index (χ0) is 18.6. The van der Waals surface area contributed by atoms with Crippen molar-refractivity contribution >= 4 is 21.6 Å². The first-order chi connectivity index (χ1) is 12.5. The molecular weight excluding hydrogens is 358 g/mol. The highest BCUT2D eigenvalue weighted by atomic mass is 32.2. The fraction of sp³-hybridized carbons (Fsp3) is 0.176. The van der Waals surface area contributed by atoms with Gasteiger partial charge in [0.1, 0.15) is 19.3 Å². The summed E-state index contributed by atoms with van der Waals surface area (Å²) >= 11 is 0. The van der Waals surface area contributed by atoms with Crippen molar-refractivity contribution < 1.29 is 22.7 Å². The van der Waals surface area contributed by atoms with Gasteiger partial charge in [-0.15, -0.1) is 0 Å². The van der Waals surface area contributed by atoms with Crippen LogP contribution in [0, 0.1) is 11.3 Å². The second-order valence-electron chi connectivity index (χ2n) is 5.34. The maximum Gasteiger partial charge on any atom is 0.242 e. The van der Waals surface area contributed by atoms with E-state index in [9.17, 15) is 13.2 Å². The summed E-state index contributed by atoms with van der Waals surface area (Å²) in [5.41, 5.74) is 0.461. The largest absolute Gasteiger partial charge is 0.486 e. The summed E-state index contributed by atoms with van der Waals surface area (Å²) in [4.78, 5) is 11.9. The van der Waals surface area contributed by atoms with Crippen molar-refractivity contribution in [2.24, 2.45) is 0 Å². The van der Waals surface area contributed by atoms with Crippen LogP contribution in [-0.2, 0) is 14.8 Å². The zero-order valence-corrected chi connectivity index (χ0v) is 14.4. The van der Waals surface area contributed by atoms with Crippen LogP contribution in [0.5, 0.6) is 11.5 Å². The number of anilines is 1. The molecule has 0 saturated carbocycles. The van der Waals surface area contributed by atoms with Gasteiger partial charge in [0, 0.05) is 11.8 Å². The monoisotopic (exact) mass is 373 g/mol. The van der Waals surface area contributed by atoms with Gasteiger partial charge in [-0.3, -0.25) is 4.79 Å². The maximum absolute atomic E-state index is 12.3. The smallest absolute Gasteiger partial charge is 0.242 e. The molecule has 0 aromatic heterocycles. The van der Waals surface area contributed by atoms with E-state index in [-0.39, 0.29) is 10.5 Å². The number of carbonyl (C=O) groups excluding carboxylic acids is 1. The van der Waals surface area contributed by atoms with Crippen molar-refractivity contribution in [2.75, 3.05) is 25.1 Å². The third-order valence-corrected chi connectivity index (χ3v) is 5.01. The number of hydrogen-bond donors (Lipinski definition) is 2. The molecule has 0 saturated heterocycles. The summed E-state index contributed by atoms with van der Waals surface area (Å²) in [5, 5.41) is 11.6. The topological polar surface area (TPSA) is 118 Å². The number of rotatable bonds is 5. The number of fused-ring (bicyclic) bond motifs is 1. The molecule has 0 aliphatic carbocycles. The molecule has 1 heterocycles. The van der Waals surface area contributed by atoms with Crippen molar-refractivity contribution in [1.29, 1.82) is 5.26 Å². The molecule has 9 heteroatoms. The number of ether oxygens (including phenoxy) is 2. The lowest BCUT2D eigenvalue weighted by molar-refractivity contribution is -0.115. The van der Waals surface area contributed by atoms with Crippen LogP contribution in [0.15, 0.2) is 47.4 Å². The first-order valence-corrected chi connectivity index (χ1v) is 9.16. The van der Waals surface area contributed by atoms with E-state index < -0.39 is 22.5 Å². The van der Waals surface area contributed by atoms with Gasteiger partial charge in [-0.2, -0.15) is 5.26 Å². The van der Waals surface area contributed by atoms with E-state index in [0.29, 0.717) is 30.4 Å². The van der Waals surface area contributed by atoms with Crippen molar-refractivity contribution in [3.8, 4) is 17.6 Å². The van der Waals surface area contributed by atoms with Gasteiger partial charge in [0.15, 0.2) is 11.5 Å². The van der Waals surface area contributed by atoms with E-state index in [1.165, 1.54) is 18.2 Å². The summed E-state index contributed by atoms with van der Waals surface area (Å²) in [5.74, 6) is 0.542. The molecule has 0 atom stereocenters. The Morgan fingerprint density at radius 3 is 2.62 bits per heavy atom. The van der Waals surface area contributed by atoms with Crippen LogP contribution >= 0.6 is 0 Å². The lowest BCUT2D eigenvalue weighted by atomic mass is 10.2. The molecule has 0 spiro atoms. The number of carbonyl (C=O) groups is 1. The lowest BCUT2D eigenvalue weighted by Crippen LogP contribution is -2.33. The average molecular weight is 373 g/mol. The molecule has 1 aliphatic heterocycles. The van der Waals surface area contributed by atoms with Crippen LogP contribution in [0.25, 0.3) is 0 Å². The van der Waals surface area contributed by atoms with Gasteiger partial charge in [0.05, 0.1) is 17.0 Å². The third kappa shape index (κ3) is 3.93. The van der Waals surface area contributed by atoms with Gasteiger partial charge in [0.25, 0.3) is 0 Å². The molecule has 0 unspecified atom stereocenters. The van der Waals surface area contributed by atoms with Crippen molar-refractivity contribution in [3.05, 3.63) is 48.0 Å². The molecule has 0 bridgehead atoms. The van der Waals surface area contributed by atoms with Crippen LogP contribution in [0.2, 0.25) is 0 Å². The Balaban J connectivity index is 1.64. The number of benzene rings is 2.